The van der Waals surface area contributed by atoms with Gasteiger partial charge in [0.1, 0.15) is 11.3 Å². The molecule has 0 atom stereocenters. The molecule has 1 aromatic heterocycles. The highest BCUT2D eigenvalue weighted by Crippen LogP contribution is 2.19. The Kier molecular flexibility index (Phi) is 6.65. The molecule has 0 amide bonds. The zero-order valence-corrected chi connectivity index (χ0v) is 12.9. The smallest absolute Gasteiger partial charge is 0.134 e. The van der Waals surface area contributed by atoms with Gasteiger partial charge in [-0.2, -0.15) is 0 Å². The molecule has 0 spiro atoms. The molecular weight excluding hydrogens is 234 g/mol. The normalized spacial score (nSPS) is 13.9. The number of hydrogen-bond acceptors (Lipinski definition) is 2. The van der Waals surface area contributed by atoms with Crippen molar-refractivity contribution >= 4 is 11.0 Å². The summed E-state index contributed by atoms with van der Waals surface area (Å²) in [5.74, 6) is 0.977. The van der Waals surface area contributed by atoms with Gasteiger partial charge in [0.05, 0.1) is 0 Å². The lowest BCUT2D eigenvalue weighted by molar-refractivity contribution is 0.361. The number of fused-ring (bicyclic) bond motifs is 1. The molecule has 0 unspecified atom stereocenters. The molecule has 0 aliphatic heterocycles. The maximum atomic E-state index is 5.45. The van der Waals surface area contributed by atoms with Gasteiger partial charge in [0.25, 0.3) is 0 Å². The van der Waals surface area contributed by atoms with Crippen molar-refractivity contribution in [3.63, 3.8) is 0 Å². The van der Waals surface area contributed by atoms with E-state index in [0.717, 1.165) is 17.4 Å². The van der Waals surface area contributed by atoms with Crippen molar-refractivity contribution in [2.45, 2.75) is 53.0 Å². The fraction of sp³-hybridized carbons (Fsp3) is 0.529. The molecule has 1 aromatic carbocycles. The second kappa shape index (κ2) is 8.00. The third-order valence-corrected chi connectivity index (χ3v) is 3.31. The number of furan rings is 1. The van der Waals surface area contributed by atoms with Gasteiger partial charge in [0.2, 0.25) is 0 Å². The summed E-state index contributed by atoms with van der Waals surface area (Å²) in [6.45, 7) is 8.03. The topological polar surface area (TPSA) is 25.2 Å². The summed E-state index contributed by atoms with van der Waals surface area (Å²) in [4.78, 5) is 0. The molecule has 1 saturated carbocycles. The number of nitrogens with one attached hydrogen (secondary N) is 1. The first-order valence-electron chi connectivity index (χ1n) is 7.33. The average Bonchev–Trinajstić information content (AvgIpc) is 2.70. The lowest BCUT2D eigenvalue weighted by Crippen LogP contribution is -2.31. The van der Waals surface area contributed by atoms with Crippen LogP contribution >= 0.6 is 0 Å². The number of rotatable bonds is 1. The minimum absolute atomic E-state index is 0.866. The van der Waals surface area contributed by atoms with Crippen LogP contribution < -0.4 is 5.32 Å². The van der Waals surface area contributed by atoms with Gasteiger partial charge in [0, 0.05) is 11.4 Å². The molecule has 19 heavy (non-hydrogen) atoms. The van der Waals surface area contributed by atoms with Crippen molar-refractivity contribution in [1.29, 1.82) is 0 Å². The van der Waals surface area contributed by atoms with Crippen LogP contribution in [0.3, 0.4) is 0 Å². The molecule has 0 radical (unpaired) electrons. The Bertz CT molecular complexity index is 480. The minimum Gasteiger partial charge on any atom is -0.461 e. The van der Waals surface area contributed by atoms with Crippen LogP contribution in [0.5, 0.6) is 0 Å². The van der Waals surface area contributed by atoms with Gasteiger partial charge < -0.3 is 9.73 Å². The van der Waals surface area contributed by atoms with Crippen LogP contribution in [-0.2, 0) is 0 Å². The Morgan fingerprint density at radius 2 is 1.79 bits per heavy atom. The van der Waals surface area contributed by atoms with E-state index in [9.17, 15) is 0 Å². The molecule has 1 heterocycles. The molecule has 0 bridgehead atoms. The monoisotopic (exact) mass is 261 g/mol. The van der Waals surface area contributed by atoms with E-state index in [1.165, 1.54) is 30.2 Å². The molecule has 1 fully saturated rings. The second-order valence-corrected chi connectivity index (χ2v) is 4.81. The van der Waals surface area contributed by atoms with Crippen molar-refractivity contribution in [2.24, 2.45) is 0 Å². The second-order valence-electron chi connectivity index (χ2n) is 4.81. The molecule has 1 aliphatic carbocycles. The first kappa shape index (κ1) is 15.8. The average molecular weight is 261 g/mol. The minimum atomic E-state index is 0.866. The summed E-state index contributed by atoms with van der Waals surface area (Å²) < 4.78 is 5.45. The standard InChI is InChI=1S/C10H10O.C5H11N.C2H6/c1-7-3-4-9-6-8(2)11-10(9)5-7;1-6-5-3-2-4-5;1-2/h3-6H,1-2H3;5-6H,2-4H2,1H3;1-2H3. The summed E-state index contributed by atoms with van der Waals surface area (Å²) in [5, 5.41) is 4.39. The van der Waals surface area contributed by atoms with Gasteiger partial charge in [-0.25, -0.2) is 0 Å². The van der Waals surface area contributed by atoms with Crippen LogP contribution in [-0.4, -0.2) is 13.1 Å². The van der Waals surface area contributed by atoms with Crippen LogP contribution in [0, 0.1) is 13.8 Å². The molecule has 3 rings (SSSR count). The Balaban J connectivity index is 0.000000192. The first-order valence-corrected chi connectivity index (χ1v) is 7.33. The molecule has 0 saturated heterocycles. The summed E-state index contributed by atoms with van der Waals surface area (Å²) in [5.41, 5.74) is 2.23. The van der Waals surface area contributed by atoms with Crippen molar-refractivity contribution < 1.29 is 4.42 Å². The summed E-state index contributed by atoms with van der Waals surface area (Å²) in [6, 6.07) is 9.15. The van der Waals surface area contributed by atoms with E-state index >= 15 is 0 Å². The van der Waals surface area contributed by atoms with E-state index in [1.807, 2.05) is 27.8 Å². The zero-order chi connectivity index (χ0) is 14.3. The summed E-state index contributed by atoms with van der Waals surface area (Å²) >= 11 is 0. The fourth-order valence-electron chi connectivity index (χ4n) is 1.97. The predicted octanol–water partition coefficient (Wildman–Crippen LogP) is 4.83. The van der Waals surface area contributed by atoms with E-state index in [0.29, 0.717) is 0 Å². The largest absolute Gasteiger partial charge is 0.461 e. The Morgan fingerprint density at radius 3 is 2.26 bits per heavy atom. The van der Waals surface area contributed by atoms with Gasteiger partial charge in [-0.3, -0.25) is 0 Å². The molecule has 1 N–H and O–H groups in total. The summed E-state index contributed by atoms with van der Waals surface area (Å²) in [6.07, 6.45) is 4.23. The zero-order valence-electron chi connectivity index (χ0n) is 12.9. The molecule has 2 aromatic rings. The van der Waals surface area contributed by atoms with E-state index in [1.54, 1.807) is 0 Å². The van der Waals surface area contributed by atoms with E-state index in [2.05, 4.69) is 36.5 Å². The van der Waals surface area contributed by atoms with Gasteiger partial charge in [-0.05, 0) is 51.4 Å². The summed E-state index contributed by atoms with van der Waals surface area (Å²) in [7, 11) is 2.03. The SMILES string of the molecule is CC.CNC1CCC1.Cc1ccc2cc(C)oc2c1. The van der Waals surface area contributed by atoms with Gasteiger partial charge >= 0.3 is 0 Å². The predicted molar refractivity (Wildman–Crippen MR) is 83.7 cm³/mol. The van der Waals surface area contributed by atoms with Crippen LogP contribution in [0.15, 0.2) is 28.7 Å². The van der Waals surface area contributed by atoms with Crippen LogP contribution in [0.4, 0.5) is 0 Å². The molecule has 106 valence electrons. The lowest BCUT2D eigenvalue weighted by atomic mass is 9.94. The van der Waals surface area contributed by atoms with E-state index < -0.39 is 0 Å². The van der Waals surface area contributed by atoms with Crippen molar-refractivity contribution in [3.05, 3.63) is 35.6 Å². The fourth-order valence-corrected chi connectivity index (χ4v) is 1.97. The Labute approximate surface area is 117 Å². The first-order chi connectivity index (χ1) is 9.19. The van der Waals surface area contributed by atoms with Gasteiger partial charge in [-0.15, -0.1) is 0 Å². The Morgan fingerprint density at radius 1 is 1.11 bits per heavy atom. The maximum Gasteiger partial charge on any atom is 0.134 e. The molecule has 1 aliphatic rings. The van der Waals surface area contributed by atoms with E-state index in [4.69, 9.17) is 4.42 Å². The number of benzene rings is 1. The highest BCUT2D eigenvalue weighted by atomic mass is 16.3. The van der Waals surface area contributed by atoms with Crippen molar-refractivity contribution in [1.82, 2.24) is 5.32 Å². The Hall–Kier alpha value is -1.28. The number of hydrogen-bond donors (Lipinski definition) is 1. The maximum absolute atomic E-state index is 5.45. The van der Waals surface area contributed by atoms with Crippen molar-refractivity contribution in [2.75, 3.05) is 7.05 Å². The molecule has 2 nitrogen and oxygen atoms in total. The van der Waals surface area contributed by atoms with Crippen LogP contribution in [0.1, 0.15) is 44.4 Å². The van der Waals surface area contributed by atoms with Gasteiger partial charge in [-0.1, -0.05) is 32.4 Å². The third kappa shape index (κ3) is 4.71. The van der Waals surface area contributed by atoms with E-state index in [-0.39, 0.29) is 0 Å². The highest BCUT2D eigenvalue weighted by molar-refractivity contribution is 5.78. The quantitative estimate of drug-likeness (QED) is 0.795. The molecule has 2 heteroatoms. The van der Waals surface area contributed by atoms with Crippen LogP contribution in [0.2, 0.25) is 0 Å². The van der Waals surface area contributed by atoms with Gasteiger partial charge in [0.15, 0.2) is 0 Å². The molecular formula is C17H27NO. The van der Waals surface area contributed by atoms with Crippen molar-refractivity contribution in [3.8, 4) is 0 Å². The number of aryl methyl sites for hydroxylation is 2. The lowest BCUT2D eigenvalue weighted by Gasteiger charge is -2.23. The third-order valence-electron chi connectivity index (χ3n) is 3.31. The van der Waals surface area contributed by atoms with Crippen LogP contribution in [0.25, 0.3) is 11.0 Å². The highest BCUT2D eigenvalue weighted by Gasteiger charge is 2.13.